The summed E-state index contributed by atoms with van der Waals surface area (Å²) in [5.41, 5.74) is 1.42. The number of morpholine rings is 1. The molecule has 0 spiro atoms. The maximum absolute atomic E-state index is 5.46. The van der Waals surface area contributed by atoms with Gasteiger partial charge in [0.1, 0.15) is 0 Å². The molecule has 21 heavy (non-hydrogen) atoms. The van der Waals surface area contributed by atoms with E-state index in [1.165, 1.54) is 25.1 Å². The van der Waals surface area contributed by atoms with Crippen LogP contribution in [0.5, 0.6) is 0 Å². The van der Waals surface area contributed by atoms with Crippen LogP contribution in [0.3, 0.4) is 0 Å². The first-order chi connectivity index (χ1) is 10.4. The summed E-state index contributed by atoms with van der Waals surface area (Å²) in [6.07, 6.45) is 1.30. The molecule has 2 fully saturated rings. The van der Waals surface area contributed by atoms with Gasteiger partial charge in [-0.15, -0.1) is 0 Å². The van der Waals surface area contributed by atoms with E-state index in [9.17, 15) is 0 Å². The number of hydrogen-bond acceptors (Lipinski definition) is 4. The number of rotatable bonds is 5. The Hall–Kier alpha value is -0.550. The van der Waals surface area contributed by atoms with Gasteiger partial charge in [0.15, 0.2) is 0 Å². The van der Waals surface area contributed by atoms with E-state index in [1.807, 2.05) is 0 Å². The molecule has 2 aliphatic heterocycles. The Morgan fingerprint density at radius 2 is 1.90 bits per heavy atom. The van der Waals surface area contributed by atoms with Gasteiger partial charge in [0, 0.05) is 38.1 Å². The van der Waals surface area contributed by atoms with E-state index in [-0.39, 0.29) is 0 Å². The second kappa shape index (κ2) is 7.63. The lowest BCUT2D eigenvalue weighted by atomic mass is 10.0. The zero-order chi connectivity index (χ0) is 14.5. The summed E-state index contributed by atoms with van der Waals surface area (Å²) in [4.78, 5) is 5.23. The molecule has 0 aromatic heterocycles. The van der Waals surface area contributed by atoms with Crippen molar-refractivity contribution in [3.8, 4) is 0 Å². The molecular formula is C17H26N2OS. The highest BCUT2D eigenvalue weighted by Crippen LogP contribution is 2.23. The molecule has 1 aromatic rings. The summed E-state index contributed by atoms with van der Waals surface area (Å²) in [5, 5.41) is 0. The van der Waals surface area contributed by atoms with Gasteiger partial charge in [0.25, 0.3) is 0 Å². The molecule has 3 nitrogen and oxygen atoms in total. The van der Waals surface area contributed by atoms with Gasteiger partial charge >= 0.3 is 0 Å². The first-order valence-corrected chi connectivity index (χ1v) is 8.70. The average Bonchev–Trinajstić information content (AvgIpc) is 3.03. The Bertz CT molecular complexity index is 422. The summed E-state index contributed by atoms with van der Waals surface area (Å²) < 4.78 is 5.46. The van der Waals surface area contributed by atoms with Crippen LogP contribution in [0.2, 0.25) is 0 Å². The van der Waals surface area contributed by atoms with E-state index >= 15 is 0 Å². The first kappa shape index (κ1) is 15.3. The molecule has 1 aromatic carbocycles. The predicted octanol–water partition coefficient (Wildman–Crippen LogP) is 2.11. The zero-order valence-electron chi connectivity index (χ0n) is 12.7. The molecule has 2 atom stereocenters. The molecule has 0 saturated carbocycles. The number of hydrogen-bond donors (Lipinski definition) is 1. The Morgan fingerprint density at radius 1 is 1.14 bits per heavy atom. The van der Waals surface area contributed by atoms with E-state index in [4.69, 9.17) is 4.74 Å². The van der Waals surface area contributed by atoms with Crippen molar-refractivity contribution in [2.45, 2.75) is 18.4 Å². The van der Waals surface area contributed by atoms with Gasteiger partial charge in [-0.05, 0) is 24.3 Å². The van der Waals surface area contributed by atoms with Crippen molar-refractivity contribution in [2.75, 3.05) is 51.7 Å². The zero-order valence-corrected chi connectivity index (χ0v) is 13.5. The van der Waals surface area contributed by atoms with Crippen molar-refractivity contribution >= 4 is 12.6 Å². The van der Waals surface area contributed by atoms with Crippen LogP contribution in [-0.2, 0) is 4.74 Å². The average molecular weight is 306 g/mol. The van der Waals surface area contributed by atoms with Crippen LogP contribution in [0.25, 0.3) is 0 Å². The minimum atomic E-state index is 0.540. The lowest BCUT2D eigenvalue weighted by Gasteiger charge is -2.32. The van der Waals surface area contributed by atoms with Crippen molar-refractivity contribution in [1.29, 1.82) is 0 Å². The van der Waals surface area contributed by atoms with Gasteiger partial charge in [-0.1, -0.05) is 30.3 Å². The third-order valence-electron chi connectivity index (χ3n) is 4.78. The second-order valence-electron chi connectivity index (χ2n) is 6.14. The van der Waals surface area contributed by atoms with Crippen LogP contribution in [0.1, 0.15) is 17.9 Å². The maximum atomic E-state index is 5.46. The highest BCUT2D eigenvalue weighted by Gasteiger charge is 2.29. The SMILES string of the molecule is SCC(CN1CCC(N2CCOCC2)C1)c1ccccc1. The molecule has 3 rings (SSSR count). The van der Waals surface area contributed by atoms with Crippen molar-refractivity contribution < 1.29 is 4.74 Å². The maximum Gasteiger partial charge on any atom is 0.0594 e. The van der Waals surface area contributed by atoms with Gasteiger partial charge in [-0.2, -0.15) is 12.6 Å². The third-order valence-corrected chi connectivity index (χ3v) is 5.22. The van der Waals surface area contributed by atoms with Crippen molar-refractivity contribution in [2.24, 2.45) is 0 Å². The molecule has 116 valence electrons. The van der Waals surface area contributed by atoms with Crippen molar-refractivity contribution in [3.63, 3.8) is 0 Å². The lowest BCUT2D eigenvalue weighted by molar-refractivity contribution is 0.0184. The Kier molecular flexibility index (Phi) is 5.58. The molecule has 2 saturated heterocycles. The topological polar surface area (TPSA) is 15.7 Å². The Labute approximate surface area is 133 Å². The standard InChI is InChI=1S/C17H26N2OS/c21-14-16(15-4-2-1-3-5-15)12-18-7-6-17(13-18)19-8-10-20-11-9-19/h1-5,16-17,21H,6-14H2. The number of likely N-dealkylation sites (tertiary alicyclic amines) is 1. The van der Waals surface area contributed by atoms with Crippen LogP contribution in [0, 0.1) is 0 Å². The van der Waals surface area contributed by atoms with Crippen LogP contribution < -0.4 is 0 Å². The number of nitrogens with zero attached hydrogens (tertiary/aromatic N) is 2. The molecule has 2 aliphatic rings. The van der Waals surface area contributed by atoms with Crippen molar-refractivity contribution in [1.82, 2.24) is 9.80 Å². The molecule has 0 radical (unpaired) electrons. The van der Waals surface area contributed by atoms with Crippen LogP contribution >= 0.6 is 12.6 Å². The molecule has 2 heterocycles. The molecule has 0 N–H and O–H groups in total. The fourth-order valence-electron chi connectivity index (χ4n) is 3.52. The highest BCUT2D eigenvalue weighted by atomic mass is 32.1. The summed E-state index contributed by atoms with van der Waals surface area (Å²) >= 11 is 4.57. The van der Waals surface area contributed by atoms with Gasteiger partial charge < -0.3 is 9.64 Å². The summed E-state index contributed by atoms with van der Waals surface area (Å²) in [5.74, 6) is 1.46. The summed E-state index contributed by atoms with van der Waals surface area (Å²) in [6, 6.07) is 11.5. The predicted molar refractivity (Wildman–Crippen MR) is 90.3 cm³/mol. The Balaban J connectivity index is 1.53. The van der Waals surface area contributed by atoms with E-state index in [1.54, 1.807) is 0 Å². The van der Waals surface area contributed by atoms with Crippen LogP contribution in [-0.4, -0.2) is 67.5 Å². The quantitative estimate of drug-likeness (QED) is 0.839. The fourth-order valence-corrected chi connectivity index (χ4v) is 3.85. The molecular weight excluding hydrogens is 280 g/mol. The van der Waals surface area contributed by atoms with E-state index in [0.29, 0.717) is 5.92 Å². The second-order valence-corrected chi connectivity index (χ2v) is 6.51. The van der Waals surface area contributed by atoms with Crippen LogP contribution in [0.4, 0.5) is 0 Å². The highest BCUT2D eigenvalue weighted by molar-refractivity contribution is 7.80. The molecule has 0 bridgehead atoms. The van der Waals surface area contributed by atoms with E-state index in [2.05, 4.69) is 52.8 Å². The van der Waals surface area contributed by atoms with Gasteiger partial charge in [0.2, 0.25) is 0 Å². The number of thiol groups is 1. The third kappa shape index (κ3) is 4.01. The largest absolute Gasteiger partial charge is 0.379 e. The summed E-state index contributed by atoms with van der Waals surface area (Å²) in [6.45, 7) is 7.57. The lowest BCUT2D eigenvalue weighted by Crippen LogP contribution is -2.45. The smallest absolute Gasteiger partial charge is 0.0594 e. The monoisotopic (exact) mass is 306 g/mol. The number of benzene rings is 1. The molecule has 0 aliphatic carbocycles. The Morgan fingerprint density at radius 3 is 2.62 bits per heavy atom. The normalized spacial score (nSPS) is 26.0. The van der Waals surface area contributed by atoms with Crippen LogP contribution in [0.15, 0.2) is 30.3 Å². The van der Waals surface area contributed by atoms with Crippen molar-refractivity contribution in [3.05, 3.63) is 35.9 Å². The van der Waals surface area contributed by atoms with Gasteiger partial charge in [0.05, 0.1) is 13.2 Å². The van der Waals surface area contributed by atoms with Gasteiger partial charge in [-0.3, -0.25) is 4.90 Å². The van der Waals surface area contributed by atoms with Gasteiger partial charge in [-0.25, -0.2) is 0 Å². The summed E-state index contributed by atoms with van der Waals surface area (Å²) in [7, 11) is 0. The van der Waals surface area contributed by atoms with E-state index < -0.39 is 0 Å². The molecule has 2 unspecified atom stereocenters. The number of ether oxygens (including phenoxy) is 1. The minimum absolute atomic E-state index is 0.540. The molecule has 4 heteroatoms. The minimum Gasteiger partial charge on any atom is -0.379 e. The van der Waals surface area contributed by atoms with E-state index in [0.717, 1.165) is 44.6 Å². The first-order valence-electron chi connectivity index (χ1n) is 8.07. The fraction of sp³-hybridized carbons (Fsp3) is 0.647. The molecule has 0 amide bonds.